The molecule has 6 aromatic carbocycles. The summed E-state index contributed by atoms with van der Waals surface area (Å²) in [6.07, 6.45) is 1.81. The lowest BCUT2D eigenvalue weighted by molar-refractivity contribution is -0.173. The van der Waals surface area contributed by atoms with Gasteiger partial charge >= 0.3 is 11.9 Å². The van der Waals surface area contributed by atoms with Crippen LogP contribution in [0.15, 0.2) is 121 Å². The van der Waals surface area contributed by atoms with Crippen LogP contribution in [0, 0.1) is 0 Å². The van der Waals surface area contributed by atoms with E-state index in [0.717, 1.165) is 45.9 Å². The average molecular weight is 651 g/mol. The average Bonchev–Trinajstić information content (AvgIpc) is 4.07. The number of epoxide rings is 2. The van der Waals surface area contributed by atoms with E-state index in [2.05, 4.69) is 123 Å². The van der Waals surface area contributed by atoms with Crippen LogP contribution in [0.2, 0.25) is 0 Å². The highest BCUT2D eigenvalue weighted by Gasteiger charge is 2.51. The lowest BCUT2D eigenvalue weighted by Gasteiger charge is -2.34. The Kier molecular flexibility index (Phi) is 7.25. The maximum absolute atomic E-state index is 6.16. The van der Waals surface area contributed by atoms with Crippen LogP contribution >= 0.6 is 0 Å². The van der Waals surface area contributed by atoms with Gasteiger partial charge in [-0.1, -0.05) is 98.8 Å². The van der Waals surface area contributed by atoms with Gasteiger partial charge < -0.3 is 28.4 Å². The monoisotopic (exact) mass is 650 g/mol. The predicted molar refractivity (Wildman–Crippen MR) is 190 cm³/mol. The molecule has 9 rings (SSSR count). The molecule has 0 radical (unpaired) electrons. The van der Waals surface area contributed by atoms with Gasteiger partial charge in [0.25, 0.3) is 0 Å². The molecule has 2 atom stereocenters. The molecular weight excluding hydrogens is 612 g/mol. The Bertz CT molecular complexity index is 2040. The molecule has 0 bridgehead atoms. The molecule has 6 heteroatoms. The summed E-state index contributed by atoms with van der Waals surface area (Å²) < 4.78 is 35.1. The summed E-state index contributed by atoms with van der Waals surface area (Å²) in [5.74, 6) is -0.448. The molecule has 2 unspecified atom stereocenters. The van der Waals surface area contributed by atoms with E-state index in [9.17, 15) is 0 Å². The highest BCUT2D eigenvalue weighted by Crippen LogP contribution is 2.56. The van der Waals surface area contributed by atoms with Crippen molar-refractivity contribution in [1.29, 1.82) is 0 Å². The zero-order valence-corrected chi connectivity index (χ0v) is 27.7. The minimum absolute atomic E-state index is 0.438. The number of rotatable bonds is 12. The van der Waals surface area contributed by atoms with E-state index in [1.807, 2.05) is 12.1 Å². The number of ether oxygens (including phenoxy) is 6. The van der Waals surface area contributed by atoms with E-state index in [1.165, 1.54) is 33.4 Å². The van der Waals surface area contributed by atoms with Crippen LogP contribution in [0.25, 0.3) is 32.7 Å². The Morgan fingerprint density at radius 3 is 1.35 bits per heavy atom. The van der Waals surface area contributed by atoms with Crippen molar-refractivity contribution in [2.45, 2.75) is 44.1 Å². The van der Waals surface area contributed by atoms with Crippen molar-refractivity contribution < 1.29 is 28.4 Å². The van der Waals surface area contributed by atoms with Crippen molar-refractivity contribution in [1.82, 2.24) is 0 Å². The molecule has 3 aliphatic rings. The number of hydrogen-bond acceptors (Lipinski definition) is 6. The second-order valence-corrected chi connectivity index (χ2v) is 13.1. The smallest absolute Gasteiger partial charge is 0.352 e. The quantitative estimate of drug-likeness (QED) is 0.0970. The van der Waals surface area contributed by atoms with Crippen LogP contribution in [0.1, 0.15) is 48.9 Å². The highest BCUT2D eigenvalue weighted by atomic mass is 16.9. The summed E-state index contributed by atoms with van der Waals surface area (Å²) in [6.45, 7) is 6.21. The van der Waals surface area contributed by atoms with Gasteiger partial charge in [0.15, 0.2) is 0 Å². The van der Waals surface area contributed by atoms with Crippen LogP contribution in [0.4, 0.5) is 0 Å². The van der Waals surface area contributed by atoms with E-state index in [-0.39, 0.29) is 0 Å². The molecule has 246 valence electrons. The fourth-order valence-electron chi connectivity index (χ4n) is 7.40. The summed E-state index contributed by atoms with van der Waals surface area (Å²) in [4.78, 5) is 0. The molecule has 0 N–H and O–H groups in total. The predicted octanol–water partition coefficient (Wildman–Crippen LogP) is 9.33. The summed E-state index contributed by atoms with van der Waals surface area (Å²) in [6, 6.07) is 43.7. The largest absolute Gasteiger partial charge is 0.437 e. The summed E-state index contributed by atoms with van der Waals surface area (Å²) >= 11 is 0. The molecule has 6 nitrogen and oxygen atoms in total. The second kappa shape index (κ2) is 11.7. The second-order valence-electron chi connectivity index (χ2n) is 13.1. The zero-order chi connectivity index (χ0) is 33.1. The molecule has 2 heterocycles. The third kappa shape index (κ3) is 5.18. The van der Waals surface area contributed by atoms with E-state index < -0.39 is 17.4 Å². The molecule has 2 saturated heterocycles. The lowest BCUT2D eigenvalue weighted by Crippen LogP contribution is -2.28. The zero-order valence-electron chi connectivity index (χ0n) is 27.7. The van der Waals surface area contributed by atoms with E-state index in [1.54, 1.807) is 0 Å². The lowest BCUT2D eigenvalue weighted by atomic mass is 9.67. The highest BCUT2D eigenvalue weighted by molar-refractivity contribution is 5.92. The van der Waals surface area contributed by atoms with Gasteiger partial charge in [-0.15, -0.1) is 0 Å². The fourth-order valence-corrected chi connectivity index (χ4v) is 7.40. The molecule has 2 aliphatic heterocycles. The van der Waals surface area contributed by atoms with Gasteiger partial charge in [0.2, 0.25) is 0 Å². The van der Waals surface area contributed by atoms with E-state index >= 15 is 0 Å². The van der Waals surface area contributed by atoms with Crippen LogP contribution < -0.4 is 9.47 Å². The van der Waals surface area contributed by atoms with Crippen LogP contribution in [0.5, 0.6) is 11.5 Å². The molecule has 0 amide bonds. The van der Waals surface area contributed by atoms with Crippen molar-refractivity contribution in [2.75, 3.05) is 26.4 Å². The fraction of sp³-hybridized carbons (Fsp3) is 0.256. The van der Waals surface area contributed by atoms with Gasteiger partial charge in [-0.3, -0.25) is 0 Å². The van der Waals surface area contributed by atoms with Gasteiger partial charge in [-0.05, 0) is 104 Å². The van der Waals surface area contributed by atoms with Gasteiger partial charge in [-0.25, -0.2) is 0 Å². The van der Waals surface area contributed by atoms with Gasteiger partial charge in [-0.2, -0.15) is 0 Å². The van der Waals surface area contributed by atoms with Crippen molar-refractivity contribution in [2.24, 2.45) is 0 Å². The minimum atomic E-state index is -0.955. The Labute approximate surface area is 286 Å². The Balaban J connectivity index is 1.15. The molecule has 49 heavy (non-hydrogen) atoms. The first-order valence-corrected chi connectivity index (χ1v) is 17.3. The molecular formula is C43H38O6. The Morgan fingerprint density at radius 1 is 0.510 bits per heavy atom. The van der Waals surface area contributed by atoms with Gasteiger partial charge in [0.1, 0.15) is 24.7 Å². The van der Waals surface area contributed by atoms with Crippen molar-refractivity contribution in [3.63, 3.8) is 0 Å². The van der Waals surface area contributed by atoms with Crippen molar-refractivity contribution >= 4 is 21.5 Å². The molecule has 1 aliphatic carbocycles. The van der Waals surface area contributed by atoms with E-state index in [0.29, 0.717) is 26.4 Å². The van der Waals surface area contributed by atoms with Crippen LogP contribution in [0.3, 0.4) is 0 Å². The molecule has 0 saturated carbocycles. The van der Waals surface area contributed by atoms with Crippen molar-refractivity contribution in [3.8, 4) is 22.6 Å². The SMILES string of the molecule is CCCOC1(Oc2ccc3cc(C4(c5ccc6cc(OC7(OCCC)CO7)ccc6c5)c5ccccc5-c5ccccc54)ccc3c2)CO1. The maximum Gasteiger partial charge on any atom is 0.352 e. The first kappa shape index (κ1) is 30.3. The standard InChI is InChI=1S/C43H38O6/c1-3-21-44-41(27-46-41)48-35-19-15-29-23-33(17-13-31(29)25-35)43(39-11-7-5-9-37(39)38-10-6-8-12-40(38)43)34-18-14-32-26-36(20-16-30(32)24-34)49-42(28-47-42)45-22-4-2/h5-20,23-26H,3-4,21-22,27-28H2,1-2H3. The summed E-state index contributed by atoms with van der Waals surface area (Å²) in [5.41, 5.74) is 6.95. The topological polar surface area (TPSA) is 62.0 Å². The van der Waals surface area contributed by atoms with Crippen LogP contribution in [-0.2, 0) is 24.4 Å². The Hall–Kier alpha value is -4.72. The summed E-state index contributed by atoms with van der Waals surface area (Å²) in [5, 5.41) is 4.45. The van der Waals surface area contributed by atoms with Crippen molar-refractivity contribution in [3.05, 3.63) is 144 Å². The molecule has 0 aromatic heterocycles. The third-order valence-electron chi connectivity index (χ3n) is 9.80. The molecule has 0 spiro atoms. The molecule has 2 fully saturated rings. The van der Waals surface area contributed by atoms with Crippen LogP contribution in [-0.4, -0.2) is 38.4 Å². The van der Waals surface area contributed by atoms with E-state index in [4.69, 9.17) is 28.4 Å². The first-order chi connectivity index (χ1) is 24.0. The minimum Gasteiger partial charge on any atom is -0.437 e. The maximum atomic E-state index is 6.16. The number of benzene rings is 6. The van der Waals surface area contributed by atoms with Gasteiger partial charge in [0.05, 0.1) is 18.6 Å². The normalized spacial score (nSPS) is 21.3. The first-order valence-electron chi connectivity index (χ1n) is 17.3. The number of hydrogen-bond donors (Lipinski definition) is 0. The third-order valence-corrected chi connectivity index (χ3v) is 9.80. The summed E-state index contributed by atoms with van der Waals surface area (Å²) in [7, 11) is 0. The Morgan fingerprint density at radius 2 is 0.918 bits per heavy atom. The van der Waals surface area contributed by atoms with Gasteiger partial charge in [0, 0.05) is 0 Å². The number of fused-ring (bicyclic) bond motifs is 5. The molecule has 6 aromatic rings.